The molecule has 142 valence electrons. The van der Waals surface area contributed by atoms with Gasteiger partial charge < -0.3 is 14.5 Å². The van der Waals surface area contributed by atoms with E-state index < -0.39 is 0 Å². The van der Waals surface area contributed by atoms with Gasteiger partial charge in [-0.2, -0.15) is 5.10 Å². The lowest BCUT2D eigenvalue weighted by atomic mass is 10.1. The Bertz CT molecular complexity index is 1150. The van der Waals surface area contributed by atoms with Gasteiger partial charge in [-0.15, -0.1) is 0 Å². The van der Waals surface area contributed by atoms with E-state index in [9.17, 15) is 4.79 Å². The number of anilines is 1. The summed E-state index contributed by atoms with van der Waals surface area (Å²) in [6.07, 6.45) is 1.58. The highest BCUT2D eigenvalue weighted by Crippen LogP contribution is 2.28. The minimum absolute atomic E-state index is 0.236. The lowest BCUT2D eigenvalue weighted by Gasteiger charge is -2.12. The normalized spacial score (nSPS) is 11.1. The van der Waals surface area contributed by atoms with Crippen molar-refractivity contribution in [3.8, 4) is 11.5 Å². The Kier molecular flexibility index (Phi) is 4.67. The monoisotopic (exact) mass is 376 g/mol. The van der Waals surface area contributed by atoms with Crippen molar-refractivity contribution in [1.82, 2.24) is 14.8 Å². The number of amides is 1. The van der Waals surface area contributed by atoms with Gasteiger partial charge in [-0.05, 0) is 31.2 Å². The molecular weight excluding hydrogens is 356 g/mol. The van der Waals surface area contributed by atoms with Gasteiger partial charge in [0, 0.05) is 25.4 Å². The molecule has 0 aliphatic heterocycles. The maximum Gasteiger partial charge on any atom is 0.256 e. The number of carbonyl (C=O) groups is 1. The number of methoxy groups -OCH3 is 1. The lowest BCUT2D eigenvalue weighted by molar-refractivity contribution is 0.102. The SMILES string of the molecule is COCc1ccccc1NC(=O)c1cc(-c2ccco2)nc2c1c(C)nn2C. The molecule has 3 aromatic heterocycles. The molecule has 28 heavy (non-hydrogen) atoms. The van der Waals surface area contributed by atoms with Crippen LogP contribution >= 0.6 is 0 Å². The van der Waals surface area contributed by atoms with Crippen molar-refractivity contribution in [2.24, 2.45) is 7.05 Å². The first-order valence-corrected chi connectivity index (χ1v) is 8.85. The second-order valence-corrected chi connectivity index (χ2v) is 6.48. The average Bonchev–Trinajstić information content (AvgIpc) is 3.32. The summed E-state index contributed by atoms with van der Waals surface area (Å²) < 4.78 is 12.4. The van der Waals surface area contributed by atoms with Crippen LogP contribution in [0.15, 0.2) is 53.1 Å². The van der Waals surface area contributed by atoms with Gasteiger partial charge in [0.15, 0.2) is 11.4 Å². The molecular formula is C21H20N4O3. The van der Waals surface area contributed by atoms with Crippen LogP contribution in [0, 0.1) is 6.92 Å². The lowest BCUT2D eigenvalue weighted by Crippen LogP contribution is -2.14. The van der Waals surface area contributed by atoms with Crippen LogP contribution in [0.2, 0.25) is 0 Å². The number of nitrogens with zero attached hydrogens (tertiary/aromatic N) is 3. The molecule has 0 spiro atoms. The third-order valence-electron chi connectivity index (χ3n) is 4.55. The van der Waals surface area contributed by atoms with Gasteiger partial charge in [-0.25, -0.2) is 4.98 Å². The van der Waals surface area contributed by atoms with Crippen LogP contribution in [0.3, 0.4) is 0 Å². The fraction of sp³-hybridized carbons (Fsp3) is 0.190. The molecule has 0 bridgehead atoms. The zero-order valence-corrected chi connectivity index (χ0v) is 15.9. The summed E-state index contributed by atoms with van der Waals surface area (Å²) >= 11 is 0. The molecule has 1 amide bonds. The maximum absolute atomic E-state index is 13.2. The zero-order chi connectivity index (χ0) is 19.7. The van der Waals surface area contributed by atoms with Crippen LogP contribution in [-0.2, 0) is 18.4 Å². The largest absolute Gasteiger partial charge is 0.463 e. The van der Waals surface area contributed by atoms with Crippen LogP contribution in [0.1, 0.15) is 21.6 Å². The number of hydrogen-bond acceptors (Lipinski definition) is 5. The molecule has 1 aromatic carbocycles. The highest BCUT2D eigenvalue weighted by Gasteiger charge is 2.20. The van der Waals surface area contributed by atoms with Gasteiger partial charge in [-0.1, -0.05) is 18.2 Å². The van der Waals surface area contributed by atoms with Gasteiger partial charge in [-0.3, -0.25) is 9.48 Å². The number of ether oxygens (including phenoxy) is 1. The summed E-state index contributed by atoms with van der Waals surface area (Å²) in [5.74, 6) is 0.356. The summed E-state index contributed by atoms with van der Waals surface area (Å²) in [7, 11) is 3.43. The third-order valence-corrected chi connectivity index (χ3v) is 4.55. The predicted octanol–water partition coefficient (Wildman–Crippen LogP) is 3.94. The molecule has 0 saturated carbocycles. The summed E-state index contributed by atoms with van der Waals surface area (Å²) in [5, 5.41) is 8.15. The predicted molar refractivity (Wildman–Crippen MR) is 106 cm³/mol. The van der Waals surface area contributed by atoms with Crippen molar-refractivity contribution in [2.45, 2.75) is 13.5 Å². The molecule has 0 aliphatic rings. The van der Waals surface area contributed by atoms with E-state index in [4.69, 9.17) is 9.15 Å². The van der Waals surface area contributed by atoms with Crippen molar-refractivity contribution < 1.29 is 13.9 Å². The first-order chi connectivity index (χ1) is 13.6. The summed E-state index contributed by atoms with van der Waals surface area (Å²) in [6, 6.07) is 12.9. The van der Waals surface area contributed by atoms with Gasteiger partial charge >= 0.3 is 0 Å². The highest BCUT2D eigenvalue weighted by atomic mass is 16.5. The van der Waals surface area contributed by atoms with Crippen molar-refractivity contribution in [2.75, 3.05) is 12.4 Å². The number of pyridine rings is 1. The van der Waals surface area contributed by atoms with Crippen molar-refractivity contribution in [3.05, 3.63) is 65.5 Å². The Labute approximate surface area is 161 Å². The highest BCUT2D eigenvalue weighted by molar-refractivity contribution is 6.13. The Morgan fingerprint density at radius 1 is 1.25 bits per heavy atom. The van der Waals surface area contributed by atoms with E-state index >= 15 is 0 Å². The molecule has 7 heteroatoms. The Hall–Kier alpha value is -3.45. The summed E-state index contributed by atoms with van der Waals surface area (Å²) in [5.41, 5.74) is 4.05. The molecule has 0 saturated heterocycles. The number of carbonyl (C=O) groups excluding carboxylic acids is 1. The van der Waals surface area contributed by atoms with Crippen LogP contribution in [-0.4, -0.2) is 27.8 Å². The second kappa shape index (κ2) is 7.28. The topological polar surface area (TPSA) is 82.2 Å². The van der Waals surface area contributed by atoms with Crippen LogP contribution in [0.4, 0.5) is 5.69 Å². The molecule has 0 unspecified atom stereocenters. The number of furan rings is 1. The summed E-state index contributed by atoms with van der Waals surface area (Å²) in [6.45, 7) is 2.28. The number of hydrogen-bond donors (Lipinski definition) is 1. The van der Waals surface area contributed by atoms with Crippen molar-refractivity contribution in [3.63, 3.8) is 0 Å². The number of aryl methyl sites for hydroxylation is 2. The number of aromatic nitrogens is 3. The Balaban J connectivity index is 1.82. The quantitative estimate of drug-likeness (QED) is 0.571. The van der Waals surface area contributed by atoms with Gasteiger partial charge in [0.05, 0.1) is 29.5 Å². The van der Waals surface area contributed by atoms with Gasteiger partial charge in [0.1, 0.15) is 5.69 Å². The van der Waals surface area contributed by atoms with Gasteiger partial charge in [0.25, 0.3) is 5.91 Å². The fourth-order valence-electron chi connectivity index (χ4n) is 3.29. The van der Waals surface area contributed by atoms with E-state index in [0.29, 0.717) is 35.0 Å². The second-order valence-electron chi connectivity index (χ2n) is 6.48. The molecule has 4 rings (SSSR count). The Morgan fingerprint density at radius 2 is 2.07 bits per heavy atom. The maximum atomic E-state index is 13.2. The van der Waals surface area contributed by atoms with Crippen molar-refractivity contribution in [1.29, 1.82) is 0 Å². The van der Waals surface area contributed by atoms with E-state index in [1.165, 1.54) is 0 Å². The van der Waals surface area contributed by atoms with Crippen LogP contribution in [0.25, 0.3) is 22.5 Å². The molecule has 0 fully saturated rings. The van der Waals surface area contributed by atoms with Crippen LogP contribution in [0.5, 0.6) is 0 Å². The third kappa shape index (κ3) is 3.16. The minimum atomic E-state index is -0.236. The van der Waals surface area contributed by atoms with E-state index in [1.54, 1.807) is 30.2 Å². The van der Waals surface area contributed by atoms with Crippen molar-refractivity contribution >= 4 is 22.6 Å². The number of fused-ring (bicyclic) bond motifs is 1. The van der Waals surface area contributed by atoms with E-state index in [-0.39, 0.29) is 5.91 Å². The number of benzene rings is 1. The van der Waals surface area contributed by atoms with Gasteiger partial charge in [0.2, 0.25) is 0 Å². The molecule has 0 atom stereocenters. The first-order valence-electron chi connectivity index (χ1n) is 8.85. The molecule has 4 aromatic rings. The number of para-hydroxylation sites is 1. The molecule has 7 nitrogen and oxygen atoms in total. The molecule has 3 heterocycles. The summed E-state index contributed by atoms with van der Waals surface area (Å²) in [4.78, 5) is 17.9. The van der Waals surface area contributed by atoms with Crippen LogP contribution < -0.4 is 5.32 Å². The number of nitrogens with one attached hydrogen (secondary N) is 1. The molecule has 1 N–H and O–H groups in total. The average molecular weight is 376 g/mol. The van der Waals surface area contributed by atoms with E-state index in [2.05, 4.69) is 15.4 Å². The first kappa shape index (κ1) is 17.9. The Morgan fingerprint density at radius 3 is 2.82 bits per heavy atom. The molecule has 0 aliphatic carbocycles. The number of rotatable bonds is 5. The smallest absolute Gasteiger partial charge is 0.256 e. The molecule has 0 radical (unpaired) electrons. The van der Waals surface area contributed by atoms with E-state index in [1.807, 2.05) is 44.3 Å². The standard InChI is InChI=1S/C21H20N4O3/c1-13-19-15(21(26)23-16-8-5-4-7-14(16)12-27-3)11-17(18-9-6-10-28-18)22-20(19)25(2)24-13/h4-11H,12H2,1-3H3,(H,23,26). The fourth-order valence-corrected chi connectivity index (χ4v) is 3.29. The van der Waals surface area contributed by atoms with E-state index in [0.717, 1.165) is 16.6 Å². The zero-order valence-electron chi connectivity index (χ0n) is 15.9. The minimum Gasteiger partial charge on any atom is -0.463 e.